The van der Waals surface area contributed by atoms with E-state index < -0.39 is 0 Å². The first-order valence-electron chi connectivity index (χ1n) is 6.73. The van der Waals surface area contributed by atoms with Crippen LogP contribution in [0, 0.1) is 5.92 Å². The molecule has 0 spiro atoms. The lowest BCUT2D eigenvalue weighted by Gasteiger charge is -2.23. The van der Waals surface area contributed by atoms with Crippen LogP contribution in [-0.4, -0.2) is 44.2 Å². The van der Waals surface area contributed by atoms with Crippen molar-refractivity contribution in [2.75, 3.05) is 27.3 Å². The molecule has 0 bridgehead atoms. The van der Waals surface area contributed by atoms with Crippen molar-refractivity contribution in [2.45, 2.75) is 19.9 Å². The lowest BCUT2D eigenvalue weighted by Crippen LogP contribution is -2.41. The molecule has 0 aliphatic carbocycles. The molecule has 2 N–H and O–H groups in total. The summed E-state index contributed by atoms with van der Waals surface area (Å²) in [5.74, 6) is 1.21. The minimum atomic E-state index is -0.189. The molecule has 1 rings (SSSR count). The molecule has 1 aromatic rings. The van der Waals surface area contributed by atoms with Crippen molar-refractivity contribution in [2.24, 2.45) is 11.7 Å². The number of likely N-dealkylation sites (N-methyl/N-ethyl adjacent to an activating group) is 1. The highest BCUT2D eigenvalue weighted by Gasteiger charge is 2.20. The molecule has 0 aliphatic rings. The largest absolute Gasteiger partial charge is 0.493 e. The normalized spacial score (nSPS) is 12.8. The summed E-state index contributed by atoms with van der Waals surface area (Å²) in [5.41, 5.74) is 5.74. The van der Waals surface area contributed by atoms with Gasteiger partial charge >= 0.3 is 0 Å². The van der Waals surface area contributed by atoms with Crippen LogP contribution in [0.25, 0.3) is 0 Å². The average Bonchev–Trinajstić information content (AvgIpc) is 2.45. The van der Waals surface area contributed by atoms with Crippen LogP contribution in [0.4, 0.5) is 0 Å². The number of hydrogen-bond acceptors (Lipinski definition) is 4. The maximum Gasteiger partial charge on any atom is 0.226 e. The number of carbonyl (C=O) groups excluding carboxylic acids is 1. The molecule has 0 radical (unpaired) electrons. The second-order valence-electron chi connectivity index (χ2n) is 4.91. The van der Waals surface area contributed by atoms with E-state index in [9.17, 15) is 4.79 Å². The summed E-state index contributed by atoms with van der Waals surface area (Å²) < 4.78 is 10.8. The summed E-state index contributed by atoms with van der Waals surface area (Å²) in [6, 6.07) is 7.28. The molecule has 0 fully saturated rings. The minimum absolute atomic E-state index is 0. The van der Waals surface area contributed by atoms with E-state index in [2.05, 4.69) is 0 Å². The fourth-order valence-corrected chi connectivity index (χ4v) is 1.71. The summed E-state index contributed by atoms with van der Waals surface area (Å²) in [6.07, 6.45) is 0. The highest BCUT2D eigenvalue weighted by atomic mass is 35.5. The fraction of sp³-hybridized carbons (Fsp3) is 0.533. The van der Waals surface area contributed by atoms with Gasteiger partial charge in [0.05, 0.1) is 19.6 Å². The Hall–Kier alpha value is -1.46. The van der Waals surface area contributed by atoms with E-state index in [0.717, 1.165) is 0 Å². The third kappa shape index (κ3) is 5.81. The first-order valence-corrected chi connectivity index (χ1v) is 6.73. The molecule has 5 nitrogen and oxygen atoms in total. The van der Waals surface area contributed by atoms with Crippen molar-refractivity contribution in [3.05, 3.63) is 24.3 Å². The molecule has 2 atom stereocenters. The summed E-state index contributed by atoms with van der Waals surface area (Å²) in [5, 5.41) is 0. The van der Waals surface area contributed by atoms with Gasteiger partial charge < -0.3 is 20.1 Å². The van der Waals surface area contributed by atoms with E-state index in [1.54, 1.807) is 19.1 Å². The molecule has 0 saturated carbocycles. The van der Waals surface area contributed by atoms with Gasteiger partial charge in [-0.2, -0.15) is 0 Å². The van der Waals surface area contributed by atoms with E-state index in [1.807, 2.05) is 38.1 Å². The van der Waals surface area contributed by atoms with Gasteiger partial charge in [-0.3, -0.25) is 4.79 Å². The molecule has 0 aromatic heterocycles. The van der Waals surface area contributed by atoms with E-state index in [-0.39, 0.29) is 30.3 Å². The molecular formula is C15H25ClN2O3. The van der Waals surface area contributed by atoms with Gasteiger partial charge in [0, 0.05) is 13.1 Å². The van der Waals surface area contributed by atoms with Gasteiger partial charge in [0.15, 0.2) is 11.5 Å². The third-order valence-corrected chi connectivity index (χ3v) is 3.31. The van der Waals surface area contributed by atoms with E-state index >= 15 is 0 Å². The Balaban J connectivity index is 0.00000400. The van der Waals surface area contributed by atoms with Crippen LogP contribution in [0.5, 0.6) is 11.5 Å². The Labute approximate surface area is 132 Å². The van der Waals surface area contributed by atoms with Crippen molar-refractivity contribution in [1.82, 2.24) is 4.90 Å². The molecule has 2 unspecified atom stereocenters. The van der Waals surface area contributed by atoms with Crippen LogP contribution in [0.2, 0.25) is 0 Å². The van der Waals surface area contributed by atoms with E-state index in [0.29, 0.717) is 24.7 Å². The van der Waals surface area contributed by atoms with Gasteiger partial charge in [0.1, 0.15) is 6.61 Å². The van der Waals surface area contributed by atoms with E-state index in [1.165, 1.54) is 0 Å². The zero-order chi connectivity index (χ0) is 15.1. The van der Waals surface area contributed by atoms with Crippen molar-refractivity contribution >= 4 is 18.3 Å². The Morgan fingerprint density at radius 1 is 1.29 bits per heavy atom. The molecule has 0 aliphatic heterocycles. The third-order valence-electron chi connectivity index (χ3n) is 3.31. The van der Waals surface area contributed by atoms with Gasteiger partial charge in [-0.1, -0.05) is 19.1 Å². The summed E-state index contributed by atoms with van der Waals surface area (Å²) in [7, 11) is 3.36. The van der Waals surface area contributed by atoms with Crippen molar-refractivity contribution in [3.63, 3.8) is 0 Å². The van der Waals surface area contributed by atoms with Gasteiger partial charge in [0.2, 0.25) is 5.91 Å². The zero-order valence-electron chi connectivity index (χ0n) is 13.0. The Morgan fingerprint density at radius 3 is 2.38 bits per heavy atom. The first kappa shape index (κ1) is 19.5. The topological polar surface area (TPSA) is 64.8 Å². The van der Waals surface area contributed by atoms with E-state index in [4.69, 9.17) is 15.2 Å². The van der Waals surface area contributed by atoms with Crippen LogP contribution in [0.15, 0.2) is 24.3 Å². The summed E-state index contributed by atoms with van der Waals surface area (Å²) in [4.78, 5) is 13.7. The number of rotatable bonds is 7. The number of nitrogens with zero attached hydrogens (tertiary/aromatic N) is 1. The first-order chi connectivity index (χ1) is 9.47. The number of methoxy groups -OCH3 is 1. The van der Waals surface area contributed by atoms with Gasteiger partial charge in [-0.15, -0.1) is 12.4 Å². The quantitative estimate of drug-likeness (QED) is 0.835. The van der Waals surface area contributed by atoms with Crippen LogP contribution >= 0.6 is 12.4 Å². The number of hydrogen-bond donors (Lipinski definition) is 1. The Bertz CT molecular complexity index is 441. The number of carbonyl (C=O) groups is 1. The molecule has 1 aromatic carbocycles. The molecule has 0 heterocycles. The highest BCUT2D eigenvalue weighted by molar-refractivity contribution is 5.85. The zero-order valence-corrected chi connectivity index (χ0v) is 13.9. The van der Waals surface area contributed by atoms with Gasteiger partial charge in [0.25, 0.3) is 0 Å². The van der Waals surface area contributed by atoms with Gasteiger partial charge in [-0.25, -0.2) is 0 Å². The second kappa shape index (κ2) is 9.47. The maximum atomic E-state index is 12.0. The summed E-state index contributed by atoms with van der Waals surface area (Å²) in [6.45, 7) is 4.59. The minimum Gasteiger partial charge on any atom is -0.493 e. The Kier molecular flexibility index (Phi) is 8.81. The fourth-order valence-electron chi connectivity index (χ4n) is 1.71. The molecule has 1 amide bonds. The lowest BCUT2D eigenvalue weighted by atomic mass is 10.0. The number of nitrogens with two attached hydrogens (primary N) is 1. The van der Waals surface area contributed by atoms with Crippen LogP contribution in [-0.2, 0) is 4.79 Å². The van der Waals surface area contributed by atoms with Crippen LogP contribution in [0.3, 0.4) is 0 Å². The number of amides is 1. The number of ether oxygens (including phenoxy) is 2. The summed E-state index contributed by atoms with van der Waals surface area (Å²) >= 11 is 0. The average molecular weight is 317 g/mol. The molecule has 21 heavy (non-hydrogen) atoms. The van der Waals surface area contributed by atoms with Crippen molar-refractivity contribution < 1.29 is 14.3 Å². The SMILES string of the molecule is COc1ccccc1OCCN(C)C(=O)C(C)C(C)N.Cl. The van der Waals surface area contributed by atoms with Gasteiger partial charge in [-0.05, 0) is 19.1 Å². The van der Waals surface area contributed by atoms with Crippen molar-refractivity contribution in [1.29, 1.82) is 0 Å². The molecule has 0 saturated heterocycles. The molecule has 120 valence electrons. The smallest absolute Gasteiger partial charge is 0.226 e. The molecular weight excluding hydrogens is 292 g/mol. The predicted molar refractivity (Wildman–Crippen MR) is 86.2 cm³/mol. The maximum absolute atomic E-state index is 12.0. The highest BCUT2D eigenvalue weighted by Crippen LogP contribution is 2.25. The standard InChI is InChI=1S/C15H24N2O3.ClH/c1-11(12(2)16)15(18)17(3)9-10-20-14-8-6-5-7-13(14)19-4;/h5-8,11-12H,9-10,16H2,1-4H3;1H. The van der Waals surface area contributed by atoms with Crippen molar-refractivity contribution in [3.8, 4) is 11.5 Å². The molecule has 6 heteroatoms. The Morgan fingerprint density at radius 2 is 1.86 bits per heavy atom. The monoisotopic (exact) mass is 316 g/mol. The number of halogens is 1. The lowest BCUT2D eigenvalue weighted by molar-refractivity contribution is -0.134. The number of para-hydroxylation sites is 2. The number of benzene rings is 1. The predicted octanol–water partition coefficient (Wildman–Crippen LogP) is 1.94. The second-order valence-corrected chi connectivity index (χ2v) is 4.91. The van der Waals surface area contributed by atoms with Crippen LogP contribution in [0.1, 0.15) is 13.8 Å². The van der Waals surface area contributed by atoms with Crippen LogP contribution < -0.4 is 15.2 Å².